The standard InChI is InChI=1S/C9H13NOS/c11-9(6-1-2-6)10-4-8-3-7(10)5-12-8/h6-8H,1-5H2. The van der Waals surface area contributed by atoms with E-state index in [1.807, 2.05) is 0 Å². The summed E-state index contributed by atoms with van der Waals surface area (Å²) in [6.07, 6.45) is 3.57. The molecule has 1 aliphatic carbocycles. The van der Waals surface area contributed by atoms with Gasteiger partial charge in [-0.05, 0) is 19.3 Å². The van der Waals surface area contributed by atoms with Crippen molar-refractivity contribution >= 4 is 17.7 Å². The predicted octanol–water partition coefficient (Wildman–Crippen LogP) is 1.11. The average molecular weight is 183 g/mol. The van der Waals surface area contributed by atoms with Crippen molar-refractivity contribution in [3.8, 4) is 0 Å². The molecule has 3 rings (SSSR count). The number of nitrogens with zero attached hydrogens (tertiary/aromatic N) is 1. The molecule has 0 N–H and O–H groups in total. The van der Waals surface area contributed by atoms with E-state index in [1.165, 1.54) is 12.2 Å². The van der Waals surface area contributed by atoms with Crippen LogP contribution in [0, 0.1) is 5.92 Å². The van der Waals surface area contributed by atoms with Gasteiger partial charge in [0.05, 0.1) is 0 Å². The highest BCUT2D eigenvalue weighted by Crippen LogP contribution is 2.41. The molecule has 2 heterocycles. The van der Waals surface area contributed by atoms with E-state index in [0.717, 1.165) is 24.6 Å². The molecule has 3 fully saturated rings. The van der Waals surface area contributed by atoms with Gasteiger partial charge in [-0.3, -0.25) is 4.79 Å². The molecule has 3 heteroatoms. The second kappa shape index (κ2) is 2.41. The van der Waals surface area contributed by atoms with Crippen LogP contribution in [-0.2, 0) is 4.79 Å². The minimum Gasteiger partial charge on any atom is -0.337 e. The Hall–Kier alpha value is -0.180. The maximum absolute atomic E-state index is 11.7. The molecule has 1 amide bonds. The van der Waals surface area contributed by atoms with Gasteiger partial charge in [0.25, 0.3) is 0 Å². The maximum Gasteiger partial charge on any atom is 0.225 e. The zero-order valence-electron chi connectivity index (χ0n) is 7.03. The van der Waals surface area contributed by atoms with Crippen LogP contribution >= 0.6 is 11.8 Å². The van der Waals surface area contributed by atoms with Crippen LogP contribution in [0.25, 0.3) is 0 Å². The van der Waals surface area contributed by atoms with Crippen molar-refractivity contribution in [3.05, 3.63) is 0 Å². The zero-order chi connectivity index (χ0) is 8.13. The first-order valence-corrected chi connectivity index (χ1v) is 5.81. The number of amides is 1. The van der Waals surface area contributed by atoms with E-state index < -0.39 is 0 Å². The number of fused-ring (bicyclic) bond motifs is 2. The highest BCUT2D eigenvalue weighted by molar-refractivity contribution is 8.00. The molecule has 2 nitrogen and oxygen atoms in total. The lowest BCUT2D eigenvalue weighted by Gasteiger charge is -2.26. The lowest BCUT2D eigenvalue weighted by molar-refractivity contribution is -0.133. The molecular weight excluding hydrogens is 170 g/mol. The molecule has 1 saturated carbocycles. The van der Waals surface area contributed by atoms with E-state index in [9.17, 15) is 4.79 Å². The highest BCUT2D eigenvalue weighted by Gasteiger charge is 2.44. The summed E-state index contributed by atoms with van der Waals surface area (Å²) in [6, 6.07) is 0.605. The summed E-state index contributed by atoms with van der Waals surface area (Å²) in [5.41, 5.74) is 0. The summed E-state index contributed by atoms with van der Waals surface area (Å²) in [6.45, 7) is 1.05. The number of carbonyl (C=O) groups excluding carboxylic acids is 1. The summed E-state index contributed by atoms with van der Waals surface area (Å²) in [7, 11) is 0. The lowest BCUT2D eigenvalue weighted by Crippen LogP contribution is -2.40. The second-order valence-corrected chi connectivity index (χ2v) is 5.44. The molecular formula is C9H13NOS. The summed E-state index contributed by atoms with van der Waals surface area (Å²) in [4.78, 5) is 13.9. The first-order chi connectivity index (χ1) is 5.84. The fourth-order valence-electron chi connectivity index (χ4n) is 2.23. The number of thioether (sulfide) groups is 1. The van der Waals surface area contributed by atoms with Gasteiger partial charge < -0.3 is 4.90 Å². The third kappa shape index (κ3) is 0.987. The molecule has 12 heavy (non-hydrogen) atoms. The number of likely N-dealkylation sites (tertiary alicyclic amines) is 1. The number of hydrogen-bond acceptors (Lipinski definition) is 2. The van der Waals surface area contributed by atoms with Crippen LogP contribution < -0.4 is 0 Å². The largest absolute Gasteiger partial charge is 0.337 e. The fourth-order valence-corrected chi connectivity index (χ4v) is 3.67. The van der Waals surface area contributed by atoms with Gasteiger partial charge in [-0.1, -0.05) is 0 Å². The van der Waals surface area contributed by atoms with Crippen molar-refractivity contribution in [2.75, 3.05) is 12.3 Å². The van der Waals surface area contributed by atoms with Gasteiger partial charge in [0, 0.05) is 29.5 Å². The van der Waals surface area contributed by atoms with E-state index in [0.29, 0.717) is 17.9 Å². The quantitative estimate of drug-likeness (QED) is 0.607. The molecule has 2 aliphatic heterocycles. The van der Waals surface area contributed by atoms with Gasteiger partial charge in [0.15, 0.2) is 0 Å². The Morgan fingerprint density at radius 2 is 2.25 bits per heavy atom. The minimum atomic E-state index is 0.425. The van der Waals surface area contributed by atoms with E-state index in [4.69, 9.17) is 0 Å². The Morgan fingerprint density at radius 1 is 1.42 bits per heavy atom. The Bertz CT molecular complexity index is 227. The van der Waals surface area contributed by atoms with Crippen LogP contribution in [0.1, 0.15) is 19.3 Å². The Kier molecular flexibility index (Phi) is 1.45. The first kappa shape index (κ1) is 7.25. The molecule has 0 aromatic carbocycles. The summed E-state index contributed by atoms with van der Waals surface area (Å²) in [5.74, 6) is 2.08. The third-order valence-corrected chi connectivity index (χ3v) is 4.50. The van der Waals surface area contributed by atoms with Crippen molar-refractivity contribution < 1.29 is 4.79 Å². The van der Waals surface area contributed by atoms with Crippen LogP contribution in [0.3, 0.4) is 0 Å². The van der Waals surface area contributed by atoms with E-state index in [2.05, 4.69) is 16.7 Å². The zero-order valence-corrected chi connectivity index (χ0v) is 7.85. The highest BCUT2D eigenvalue weighted by atomic mass is 32.2. The van der Waals surface area contributed by atoms with Crippen molar-refractivity contribution in [1.29, 1.82) is 0 Å². The Balaban J connectivity index is 1.73. The molecule has 2 atom stereocenters. The van der Waals surface area contributed by atoms with Crippen molar-refractivity contribution in [2.45, 2.75) is 30.6 Å². The fraction of sp³-hybridized carbons (Fsp3) is 0.889. The Labute approximate surface area is 76.7 Å². The van der Waals surface area contributed by atoms with Gasteiger partial charge in [-0.2, -0.15) is 11.8 Å². The first-order valence-electron chi connectivity index (χ1n) is 4.76. The van der Waals surface area contributed by atoms with Gasteiger partial charge in [-0.15, -0.1) is 0 Å². The number of rotatable bonds is 1. The number of hydrogen-bond donors (Lipinski definition) is 0. The SMILES string of the molecule is O=C(C1CC1)N1CC2CC1CS2. The molecule has 2 bridgehead atoms. The molecule has 0 aromatic rings. The Morgan fingerprint density at radius 3 is 2.75 bits per heavy atom. The smallest absolute Gasteiger partial charge is 0.225 e. The molecule has 3 aliphatic rings. The topological polar surface area (TPSA) is 20.3 Å². The van der Waals surface area contributed by atoms with Crippen LogP contribution in [-0.4, -0.2) is 34.4 Å². The number of carbonyl (C=O) groups is 1. The molecule has 2 saturated heterocycles. The molecule has 0 aromatic heterocycles. The van der Waals surface area contributed by atoms with Crippen LogP contribution in [0.2, 0.25) is 0 Å². The van der Waals surface area contributed by atoms with Gasteiger partial charge in [0.1, 0.15) is 0 Å². The monoisotopic (exact) mass is 183 g/mol. The van der Waals surface area contributed by atoms with Crippen molar-refractivity contribution in [1.82, 2.24) is 4.90 Å². The molecule has 0 spiro atoms. The van der Waals surface area contributed by atoms with Gasteiger partial charge in [0.2, 0.25) is 5.91 Å². The summed E-state index contributed by atoms with van der Waals surface area (Å²) < 4.78 is 0. The van der Waals surface area contributed by atoms with Gasteiger partial charge >= 0.3 is 0 Å². The second-order valence-electron chi connectivity index (χ2n) is 4.11. The van der Waals surface area contributed by atoms with Crippen molar-refractivity contribution in [3.63, 3.8) is 0 Å². The predicted molar refractivity (Wildman–Crippen MR) is 49.1 cm³/mol. The van der Waals surface area contributed by atoms with Crippen molar-refractivity contribution in [2.24, 2.45) is 5.92 Å². The molecule has 66 valence electrons. The summed E-state index contributed by atoms with van der Waals surface area (Å²) >= 11 is 2.05. The molecule has 0 radical (unpaired) electrons. The normalized spacial score (nSPS) is 39.2. The van der Waals surface area contributed by atoms with Crippen LogP contribution in [0.5, 0.6) is 0 Å². The average Bonchev–Trinajstić information content (AvgIpc) is 2.73. The third-order valence-electron chi connectivity index (χ3n) is 3.11. The van der Waals surface area contributed by atoms with E-state index in [-0.39, 0.29) is 0 Å². The summed E-state index contributed by atoms with van der Waals surface area (Å²) in [5, 5.41) is 0.776. The van der Waals surface area contributed by atoms with Gasteiger partial charge in [-0.25, -0.2) is 0 Å². The van der Waals surface area contributed by atoms with E-state index >= 15 is 0 Å². The van der Waals surface area contributed by atoms with Crippen LogP contribution in [0.4, 0.5) is 0 Å². The maximum atomic E-state index is 11.7. The minimum absolute atomic E-state index is 0.425. The molecule has 2 unspecified atom stereocenters. The lowest BCUT2D eigenvalue weighted by atomic mass is 10.2. The van der Waals surface area contributed by atoms with Crippen LogP contribution in [0.15, 0.2) is 0 Å². The van der Waals surface area contributed by atoms with E-state index in [1.54, 1.807) is 0 Å².